The summed E-state index contributed by atoms with van der Waals surface area (Å²) in [4.78, 5) is 40.0. The van der Waals surface area contributed by atoms with E-state index in [1.165, 1.54) is 24.7 Å². The lowest BCUT2D eigenvalue weighted by Crippen LogP contribution is -2.31. The number of hydrogen-bond acceptors (Lipinski definition) is 4. The van der Waals surface area contributed by atoms with Crippen LogP contribution in [0.1, 0.15) is 43.0 Å². The van der Waals surface area contributed by atoms with E-state index in [0.717, 1.165) is 37.3 Å². The number of hydrogen-bond donors (Lipinski definition) is 2. The minimum atomic E-state index is -0.197. The molecule has 0 radical (unpaired) electrons. The smallest absolute Gasteiger partial charge is 0.253 e. The van der Waals surface area contributed by atoms with Gasteiger partial charge in [-0.15, -0.1) is 0 Å². The van der Waals surface area contributed by atoms with Crippen LogP contribution in [0.5, 0.6) is 0 Å². The first-order chi connectivity index (χ1) is 14.9. The summed E-state index contributed by atoms with van der Waals surface area (Å²) in [6.07, 6.45) is 4.46. The average Bonchev–Trinajstić information content (AvgIpc) is 3.07. The Balaban J connectivity index is 1.54. The molecular weight excluding hydrogens is 392 g/mol. The van der Waals surface area contributed by atoms with Crippen LogP contribution < -0.4 is 15.5 Å². The van der Waals surface area contributed by atoms with Crippen molar-refractivity contribution < 1.29 is 14.4 Å². The molecule has 3 rings (SSSR count). The van der Waals surface area contributed by atoms with Gasteiger partial charge in [0, 0.05) is 49.7 Å². The number of carbonyl (C=O) groups is 3. The molecule has 2 aromatic carbocycles. The standard InChI is InChI=1S/C24H30N4O3/c1-18(29)27(2)22-12-10-20(11-13-22)26-23(30)17-25-21-9-7-8-19(16-21)24(31)28-14-5-3-4-6-15-28/h7-13,16,25H,3-6,14-15,17H2,1-2H3,(H,26,30). The number of amides is 3. The van der Waals surface area contributed by atoms with Gasteiger partial charge in [0.2, 0.25) is 11.8 Å². The van der Waals surface area contributed by atoms with Gasteiger partial charge in [-0.2, -0.15) is 0 Å². The zero-order chi connectivity index (χ0) is 22.2. The molecule has 3 amide bonds. The number of benzene rings is 2. The Morgan fingerprint density at radius 2 is 1.61 bits per heavy atom. The first-order valence-corrected chi connectivity index (χ1v) is 10.7. The summed E-state index contributed by atoms with van der Waals surface area (Å²) in [5.41, 5.74) is 2.78. The van der Waals surface area contributed by atoms with Gasteiger partial charge in [-0.1, -0.05) is 18.9 Å². The maximum atomic E-state index is 12.8. The molecule has 0 spiro atoms. The fourth-order valence-corrected chi connectivity index (χ4v) is 3.56. The number of nitrogens with zero attached hydrogens (tertiary/aromatic N) is 2. The lowest BCUT2D eigenvalue weighted by atomic mass is 10.1. The third-order valence-corrected chi connectivity index (χ3v) is 5.47. The molecule has 0 bridgehead atoms. The van der Waals surface area contributed by atoms with Crippen molar-refractivity contribution in [3.63, 3.8) is 0 Å². The van der Waals surface area contributed by atoms with E-state index in [0.29, 0.717) is 11.3 Å². The summed E-state index contributed by atoms with van der Waals surface area (Å²) in [7, 11) is 1.70. The highest BCUT2D eigenvalue weighted by Gasteiger charge is 2.17. The molecular formula is C24H30N4O3. The maximum Gasteiger partial charge on any atom is 0.253 e. The minimum Gasteiger partial charge on any atom is -0.376 e. The largest absolute Gasteiger partial charge is 0.376 e. The van der Waals surface area contributed by atoms with Crippen molar-refractivity contribution in [2.45, 2.75) is 32.6 Å². The number of likely N-dealkylation sites (tertiary alicyclic amines) is 1. The molecule has 1 fully saturated rings. The third kappa shape index (κ3) is 6.31. The van der Waals surface area contributed by atoms with E-state index in [1.54, 1.807) is 37.4 Å². The summed E-state index contributed by atoms with van der Waals surface area (Å²) in [6, 6.07) is 14.4. The van der Waals surface area contributed by atoms with E-state index in [4.69, 9.17) is 0 Å². The molecule has 7 nitrogen and oxygen atoms in total. The molecule has 31 heavy (non-hydrogen) atoms. The Labute approximate surface area is 183 Å². The topological polar surface area (TPSA) is 81.8 Å². The Morgan fingerprint density at radius 3 is 2.26 bits per heavy atom. The average molecular weight is 423 g/mol. The molecule has 1 saturated heterocycles. The van der Waals surface area contributed by atoms with Gasteiger partial charge in [0.05, 0.1) is 6.54 Å². The fraction of sp³-hybridized carbons (Fsp3) is 0.375. The van der Waals surface area contributed by atoms with Crippen LogP contribution >= 0.6 is 0 Å². The van der Waals surface area contributed by atoms with Gasteiger partial charge in [-0.3, -0.25) is 14.4 Å². The Morgan fingerprint density at radius 1 is 0.935 bits per heavy atom. The van der Waals surface area contributed by atoms with Gasteiger partial charge in [0.25, 0.3) is 5.91 Å². The first kappa shape index (κ1) is 22.3. The molecule has 2 aromatic rings. The second-order valence-electron chi connectivity index (χ2n) is 7.81. The Kier molecular flexibility index (Phi) is 7.65. The summed E-state index contributed by atoms with van der Waals surface area (Å²) in [6.45, 7) is 3.19. The van der Waals surface area contributed by atoms with E-state index in [1.807, 2.05) is 23.1 Å². The van der Waals surface area contributed by atoms with E-state index in [9.17, 15) is 14.4 Å². The highest BCUT2D eigenvalue weighted by atomic mass is 16.2. The van der Waals surface area contributed by atoms with Gasteiger partial charge in [-0.25, -0.2) is 0 Å². The van der Waals surface area contributed by atoms with E-state index >= 15 is 0 Å². The number of rotatable bonds is 6. The quantitative estimate of drug-likeness (QED) is 0.743. The van der Waals surface area contributed by atoms with Crippen molar-refractivity contribution in [3.05, 3.63) is 54.1 Å². The van der Waals surface area contributed by atoms with Crippen LogP contribution in [0, 0.1) is 0 Å². The maximum absolute atomic E-state index is 12.8. The second-order valence-corrected chi connectivity index (χ2v) is 7.81. The zero-order valence-electron chi connectivity index (χ0n) is 18.2. The Hall–Kier alpha value is -3.35. The van der Waals surface area contributed by atoms with Gasteiger partial charge >= 0.3 is 0 Å². The van der Waals surface area contributed by atoms with Crippen LogP contribution in [0.4, 0.5) is 17.1 Å². The van der Waals surface area contributed by atoms with Crippen molar-refractivity contribution in [2.75, 3.05) is 42.2 Å². The van der Waals surface area contributed by atoms with Crippen LogP contribution in [0.2, 0.25) is 0 Å². The minimum absolute atomic E-state index is 0.0469. The molecule has 7 heteroatoms. The Bertz CT molecular complexity index is 919. The highest BCUT2D eigenvalue weighted by molar-refractivity contribution is 5.96. The number of anilines is 3. The lowest BCUT2D eigenvalue weighted by Gasteiger charge is -2.20. The molecule has 0 saturated carbocycles. The molecule has 0 aliphatic carbocycles. The molecule has 0 unspecified atom stereocenters. The SMILES string of the molecule is CC(=O)N(C)c1ccc(NC(=O)CNc2cccc(C(=O)N3CCCCCC3)c2)cc1. The van der Waals surface area contributed by atoms with Gasteiger partial charge in [-0.05, 0) is 55.3 Å². The van der Waals surface area contributed by atoms with Crippen LogP contribution in [0.3, 0.4) is 0 Å². The summed E-state index contributed by atoms with van der Waals surface area (Å²) in [5, 5.41) is 5.91. The highest BCUT2D eigenvalue weighted by Crippen LogP contribution is 2.18. The normalized spacial score (nSPS) is 13.8. The summed E-state index contributed by atoms with van der Waals surface area (Å²) < 4.78 is 0. The molecule has 1 aliphatic heterocycles. The van der Waals surface area contributed by atoms with Crippen molar-refractivity contribution in [2.24, 2.45) is 0 Å². The van der Waals surface area contributed by atoms with Crippen molar-refractivity contribution >= 4 is 34.8 Å². The second kappa shape index (κ2) is 10.6. The summed E-state index contributed by atoms with van der Waals surface area (Å²) >= 11 is 0. The molecule has 1 aliphatic rings. The lowest BCUT2D eigenvalue weighted by molar-refractivity contribution is -0.116. The van der Waals surface area contributed by atoms with Crippen molar-refractivity contribution in [1.82, 2.24) is 4.90 Å². The van der Waals surface area contributed by atoms with E-state index < -0.39 is 0 Å². The van der Waals surface area contributed by atoms with Crippen molar-refractivity contribution in [3.8, 4) is 0 Å². The van der Waals surface area contributed by atoms with Crippen LogP contribution in [0.15, 0.2) is 48.5 Å². The number of nitrogens with one attached hydrogen (secondary N) is 2. The van der Waals surface area contributed by atoms with Gasteiger partial charge in [0.1, 0.15) is 0 Å². The summed E-state index contributed by atoms with van der Waals surface area (Å²) in [5.74, 6) is -0.208. The van der Waals surface area contributed by atoms with Gasteiger partial charge in [0.15, 0.2) is 0 Å². The molecule has 1 heterocycles. The molecule has 2 N–H and O–H groups in total. The van der Waals surface area contributed by atoms with E-state index in [-0.39, 0.29) is 24.3 Å². The molecule has 164 valence electrons. The van der Waals surface area contributed by atoms with Crippen LogP contribution in [-0.2, 0) is 9.59 Å². The first-order valence-electron chi connectivity index (χ1n) is 10.7. The van der Waals surface area contributed by atoms with Crippen LogP contribution in [-0.4, -0.2) is 49.3 Å². The van der Waals surface area contributed by atoms with E-state index in [2.05, 4.69) is 10.6 Å². The van der Waals surface area contributed by atoms with Crippen LogP contribution in [0.25, 0.3) is 0 Å². The number of carbonyl (C=O) groups excluding carboxylic acids is 3. The predicted octanol–water partition coefficient (Wildman–Crippen LogP) is 3.74. The molecule has 0 atom stereocenters. The zero-order valence-corrected chi connectivity index (χ0v) is 18.2. The predicted molar refractivity (Wildman–Crippen MR) is 123 cm³/mol. The third-order valence-electron chi connectivity index (χ3n) is 5.47. The van der Waals surface area contributed by atoms with Crippen molar-refractivity contribution in [1.29, 1.82) is 0 Å². The molecule has 0 aromatic heterocycles. The monoisotopic (exact) mass is 422 g/mol. The van der Waals surface area contributed by atoms with Gasteiger partial charge < -0.3 is 20.4 Å². The fourth-order valence-electron chi connectivity index (χ4n) is 3.56.